The van der Waals surface area contributed by atoms with Gasteiger partial charge in [-0.05, 0) is 43.8 Å². The Kier molecular flexibility index (Phi) is 5.58. The van der Waals surface area contributed by atoms with Crippen LogP contribution in [-0.2, 0) is 11.2 Å². The Labute approximate surface area is 181 Å². The van der Waals surface area contributed by atoms with Crippen LogP contribution in [0.1, 0.15) is 46.7 Å². The zero-order chi connectivity index (χ0) is 22.3. The van der Waals surface area contributed by atoms with Gasteiger partial charge in [0.25, 0.3) is 11.8 Å². The fourth-order valence-electron chi connectivity index (χ4n) is 4.39. The third kappa shape index (κ3) is 3.72. The quantitative estimate of drug-likeness (QED) is 0.490. The first-order valence-corrected chi connectivity index (χ1v) is 10.7. The summed E-state index contributed by atoms with van der Waals surface area (Å²) >= 11 is 0. The molecule has 0 bridgehead atoms. The second-order valence-corrected chi connectivity index (χ2v) is 8.02. The number of likely N-dealkylation sites (N-methyl/N-ethyl adjacent to an activating group) is 1. The molecule has 2 amide bonds. The Balaban J connectivity index is 1.64. The smallest absolute Gasteiger partial charge is 0.256 e. The average molecular weight is 426 g/mol. The van der Waals surface area contributed by atoms with E-state index in [2.05, 4.69) is 29.0 Å². The van der Waals surface area contributed by atoms with Gasteiger partial charge in [0, 0.05) is 43.0 Å². The summed E-state index contributed by atoms with van der Waals surface area (Å²) in [5.41, 5.74) is 10.3. The van der Waals surface area contributed by atoms with Crippen molar-refractivity contribution in [1.82, 2.24) is 14.8 Å². The van der Waals surface area contributed by atoms with Crippen molar-refractivity contribution >= 4 is 34.8 Å². The Bertz CT molecular complexity index is 1080. The van der Waals surface area contributed by atoms with E-state index in [-0.39, 0.29) is 17.5 Å². The number of fused-ring (bicyclic) bond motifs is 2. The molecule has 0 saturated heterocycles. The molecule has 8 heteroatoms. The number of aromatic amines is 1. The number of carbonyl (C=O) groups is 2. The highest BCUT2D eigenvalue weighted by atomic mass is 19.1. The van der Waals surface area contributed by atoms with E-state index in [9.17, 15) is 14.0 Å². The van der Waals surface area contributed by atoms with Gasteiger partial charge in [-0.1, -0.05) is 13.8 Å². The van der Waals surface area contributed by atoms with Crippen molar-refractivity contribution in [2.75, 3.05) is 43.8 Å². The third-order valence-electron chi connectivity index (χ3n) is 6.28. The van der Waals surface area contributed by atoms with Crippen LogP contribution in [0.15, 0.2) is 12.1 Å². The number of rotatable bonds is 6. The molecule has 0 unspecified atom stereocenters. The van der Waals surface area contributed by atoms with Crippen molar-refractivity contribution in [2.45, 2.75) is 27.2 Å². The number of benzene rings is 1. The summed E-state index contributed by atoms with van der Waals surface area (Å²) in [4.78, 5) is 33.2. The Morgan fingerprint density at radius 1 is 1.26 bits per heavy atom. The SMILES string of the molecule is CCN(CC)CCN1CCc2[nH]c(/C=C3\C(=O)Nc4c(N)cc(F)cc43)c(C)c2C1=O. The largest absolute Gasteiger partial charge is 0.397 e. The molecule has 7 nitrogen and oxygen atoms in total. The van der Waals surface area contributed by atoms with E-state index in [1.807, 2.05) is 11.8 Å². The number of nitrogens with two attached hydrogens (primary N) is 1. The highest BCUT2D eigenvalue weighted by Gasteiger charge is 2.31. The lowest BCUT2D eigenvalue weighted by Crippen LogP contribution is -2.42. The van der Waals surface area contributed by atoms with Gasteiger partial charge in [-0.15, -0.1) is 0 Å². The summed E-state index contributed by atoms with van der Waals surface area (Å²) in [5.74, 6) is -0.829. The molecule has 31 heavy (non-hydrogen) atoms. The van der Waals surface area contributed by atoms with Gasteiger partial charge < -0.3 is 25.8 Å². The zero-order valence-electron chi connectivity index (χ0n) is 18.1. The normalized spacial score (nSPS) is 16.8. The van der Waals surface area contributed by atoms with E-state index in [1.54, 1.807) is 6.08 Å². The molecule has 0 spiro atoms. The number of nitrogens with one attached hydrogen (secondary N) is 2. The van der Waals surface area contributed by atoms with Gasteiger partial charge in [-0.2, -0.15) is 0 Å². The topological polar surface area (TPSA) is 94.5 Å². The average Bonchev–Trinajstić information content (AvgIpc) is 3.22. The fraction of sp³-hybridized carbons (Fsp3) is 0.391. The number of hydrogen-bond donors (Lipinski definition) is 3. The van der Waals surface area contributed by atoms with Crippen LogP contribution in [0.2, 0.25) is 0 Å². The molecule has 0 fully saturated rings. The van der Waals surface area contributed by atoms with Crippen LogP contribution in [0.25, 0.3) is 11.6 Å². The number of anilines is 2. The van der Waals surface area contributed by atoms with Gasteiger partial charge in [0.05, 0.1) is 22.5 Å². The number of amides is 2. The minimum Gasteiger partial charge on any atom is -0.397 e. The van der Waals surface area contributed by atoms with Crippen molar-refractivity contribution in [3.05, 3.63) is 46.0 Å². The van der Waals surface area contributed by atoms with Gasteiger partial charge in [0.2, 0.25) is 0 Å². The lowest BCUT2D eigenvalue weighted by atomic mass is 10.0. The number of aromatic nitrogens is 1. The molecule has 0 radical (unpaired) electrons. The lowest BCUT2D eigenvalue weighted by Gasteiger charge is -2.29. The van der Waals surface area contributed by atoms with Gasteiger partial charge in [-0.3, -0.25) is 9.59 Å². The molecule has 1 aromatic carbocycles. The number of halogens is 1. The second kappa shape index (κ2) is 8.19. The van der Waals surface area contributed by atoms with E-state index < -0.39 is 5.82 Å². The van der Waals surface area contributed by atoms with Crippen LogP contribution < -0.4 is 11.1 Å². The minimum absolute atomic E-state index is 0.0124. The standard InChI is InChI=1S/C23H28FN5O2/c1-4-28(5-2)8-9-29-7-6-18-20(23(29)31)13(3)19(26-18)12-16-15-10-14(24)11-17(25)21(15)27-22(16)30/h10-12,26H,4-9,25H2,1-3H3,(H,27,30)/b16-12-. The summed E-state index contributed by atoms with van der Waals surface area (Å²) in [6.45, 7) is 10.2. The Hall–Kier alpha value is -3.13. The number of H-pyrrole nitrogens is 1. The molecule has 4 rings (SSSR count). The summed E-state index contributed by atoms with van der Waals surface area (Å²) in [6, 6.07) is 2.49. The molecular weight excluding hydrogens is 397 g/mol. The molecule has 0 aliphatic carbocycles. The number of nitrogens with zero attached hydrogens (tertiary/aromatic N) is 2. The molecule has 0 atom stereocenters. The third-order valence-corrected chi connectivity index (χ3v) is 6.28. The first-order chi connectivity index (χ1) is 14.8. The Morgan fingerprint density at radius 2 is 2.00 bits per heavy atom. The maximum Gasteiger partial charge on any atom is 0.256 e. The first kappa shape index (κ1) is 21.1. The fourth-order valence-corrected chi connectivity index (χ4v) is 4.39. The molecule has 2 aliphatic heterocycles. The number of hydrogen-bond acceptors (Lipinski definition) is 4. The molecule has 1 aromatic heterocycles. The zero-order valence-corrected chi connectivity index (χ0v) is 18.1. The van der Waals surface area contributed by atoms with Crippen LogP contribution in [-0.4, -0.2) is 59.3 Å². The predicted octanol–water partition coefficient (Wildman–Crippen LogP) is 2.88. The molecule has 164 valence electrons. The molecule has 4 N–H and O–H groups in total. The summed E-state index contributed by atoms with van der Waals surface area (Å²) in [6.07, 6.45) is 2.41. The van der Waals surface area contributed by atoms with Crippen molar-refractivity contribution < 1.29 is 14.0 Å². The summed E-state index contributed by atoms with van der Waals surface area (Å²) < 4.78 is 13.9. The minimum atomic E-state index is -0.500. The summed E-state index contributed by atoms with van der Waals surface area (Å²) in [5, 5.41) is 2.71. The maximum atomic E-state index is 13.9. The predicted molar refractivity (Wildman–Crippen MR) is 120 cm³/mol. The molecule has 2 aromatic rings. The van der Waals surface area contributed by atoms with Crippen molar-refractivity contribution in [2.24, 2.45) is 0 Å². The first-order valence-electron chi connectivity index (χ1n) is 10.7. The van der Waals surface area contributed by atoms with Crippen LogP contribution in [0.4, 0.5) is 15.8 Å². The van der Waals surface area contributed by atoms with Gasteiger partial charge in [0.1, 0.15) is 5.82 Å². The highest BCUT2D eigenvalue weighted by molar-refractivity contribution is 6.35. The van der Waals surface area contributed by atoms with E-state index in [0.29, 0.717) is 41.2 Å². The Morgan fingerprint density at radius 3 is 2.71 bits per heavy atom. The van der Waals surface area contributed by atoms with Gasteiger partial charge >= 0.3 is 0 Å². The lowest BCUT2D eigenvalue weighted by molar-refractivity contribution is -0.110. The highest BCUT2D eigenvalue weighted by Crippen LogP contribution is 2.38. The molecule has 2 aliphatic rings. The van der Waals surface area contributed by atoms with E-state index in [4.69, 9.17) is 5.73 Å². The molecule has 3 heterocycles. The van der Waals surface area contributed by atoms with Crippen LogP contribution >= 0.6 is 0 Å². The van der Waals surface area contributed by atoms with Crippen molar-refractivity contribution in [3.8, 4) is 0 Å². The van der Waals surface area contributed by atoms with Gasteiger partial charge in [0.15, 0.2) is 0 Å². The van der Waals surface area contributed by atoms with Gasteiger partial charge in [-0.25, -0.2) is 4.39 Å². The van der Waals surface area contributed by atoms with Crippen LogP contribution in [0.3, 0.4) is 0 Å². The summed E-state index contributed by atoms with van der Waals surface area (Å²) in [7, 11) is 0. The van der Waals surface area contributed by atoms with Crippen molar-refractivity contribution in [1.29, 1.82) is 0 Å². The van der Waals surface area contributed by atoms with Crippen LogP contribution in [0.5, 0.6) is 0 Å². The van der Waals surface area contributed by atoms with E-state index in [0.717, 1.165) is 37.3 Å². The molecular formula is C23H28FN5O2. The number of nitrogen functional groups attached to an aromatic ring is 1. The van der Waals surface area contributed by atoms with Crippen LogP contribution in [0, 0.1) is 12.7 Å². The molecule has 0 saturated carbocycles. The number of carbonyl (C=O) groups excluding carboxylic acids is 2. The van der Waals surface area contributed by atoms with E-state index in [1.165, 1.54) is 12.1 Å². The second-order valence-electron chi connectivity index (χ2n) is 8.02. The monoisotopic (exact) mass is 425 g/mol. The van der Waals surface area contributed by atoms with Crippen molar-refractivity contribution in [3.63, 3.8) is 0 Å². The van der Waals surface area contributed by atoms with E-state index >= 15 is 0 Å². The maximum absolute atomic E-state index is 13.9.